The van der Waals surface area contributed by atoms with Crippen molar-refractivity contribution in [2.75, 3.05) is 0 Å². The highest BCUT2D eigenvalue weighted by Crippen LogP contribution is 2.58. The minimum Gasteiger partial charge on any atom is -0.309 e. The van der Waals surface area contributed by atoms with E-state index in [0.717, 1.165) is 28.1 Å². The van der Waals surface area contributed by atoms with Gasteiger partial charge in [0.1, 0.15) is 0 Å². The van der Waals surface area contributed by atoms with E-state index in [-0.39, 0.29) is 0 Å². The molecule has 0 radical (unpaired) electrons. The van der Waals surface area contributed by atoms with Crippen molar-refractivity contribution in [1.82, 2.24) is 14.5 Å². The molecule has 240 valence electrons. The Hall–Kier alpha value is -6.58. The SMILES string of the molecule is C/C=C\C=C/C1=Cc2ccccc2C12c1cc(-c3cc(-c4ccccc4)nc(-c4ccccc4)n3)ccc1-n1c3ccccc3c3cccc2c31. The summed E-state index contributed by atoms with van der Waals surface area (Å²) in [7, 11) is 0. The van der Waals surface area contributed by atoms with Crippen molar-refractivity contribution in [3.8, 4) is 39.6 Å². The number of fused-ring (bicyclic) bond motifs is 9. The summed E-state index contributed by atoms with van der Waals surface area (Å²) in [5.74, 6) is 0.712. The van der Waals surface area contributed by atoms with Crippen molar-refractivity contribution in [1.29, 1.82) is 0 Å². The predicted octanol–water partition coefficient (Wildman–Crippen LogP) is 11.8. The first-order chi connectivity index (χ1) is 25.3. The second kappa shape index (κ2) is 11.5. The molecule has 0 amide bonds. The minimum absolute atomic E-state index is 0.540. The van der Waals surface area contributed by atoms with E-state index in [9.17, 15) is 0 Å². The average Bonchev–Trinajstić information content (AvgIpc) is 3.71. The van der Waals surface area contributed by atoms with Crippen LogP contribution < -0.4 is 0 Å². The van der Waals surface area contributed by atoms with Crippen LogP contribution in [0.2, 0.25) is 0 Å². The highest BCUT2D eigenvalue weighted by atomic mass is 15.0. The zero-order valence-electron chi connectivity index (χ0n) is 28.2. The van der Waals surface area contributed by atoms with E-state index in [1.54, 1.807) is 0 Å². The minimum atomic E-state index is -0.540. The first-order valence-electron chi connectivity index (χ1n) is 17.5. The van der Waals surface area contributed by atoms with Gasteiger partial charge in [0.2, 0.25) is 0 Å². The summed E-state index contributed by atoms with van der Waals surface area (Å²) < 4.78 is 2.49. The Kier molecular flexibility index (Phi) is 6.62. The molecule has 1 spiro atoms. The van der Waals surface area contributed by atoms with E-state index in [1.807, 2.05) is 24.3 Å². The van der Waals surface area contributed by atoms with Crippen molar-refractivity contribution in [2.45, 2.75) is 12.3 Å². The van der Waals surface area contributed by atoms with Crippen LogP contribution in [0, 0.1) is 0 Å². The zero-order valence-corrected chi connectivity index (χ0v) is 28.2. The molecule has 1 unspecified atom stereocenters. The topological polar surface area (TPSA) is 30.7 Å². The Bertz CT molecular complexity index is 2690. The lowest BCUT2D eigenvalue weighted by atomic mass is 9.64. The molecule has 3 heterocycles. The molecule has 0 saturated carbocycles. The predicted molar refractivity (Wildman–Crippen MR) is 211 cm³/mol. The summed E-state index contributed by atoms with van der Waals surface area (Å²) in [5, 5.41) is 2.53. The smallest absolute Gasteiger partial charge is 0.160 e. The number of nitrogens with zero attached hydrogens (tertiary/aromatic N) is 3. The maximum Gasteiger partial charge on any atom is 0.160 e. The van der Waals surface area contributed by atoms with Gasteiger partial charge in [-0.2, -0.15) is 0 Å². The standard InChI is InChI=1S/C48H33N3/c1-2-3-6-21-36-29-34-20-11-13-24-39(34)48(36)40-25-15-23-38-37-22-12-14-26-44(37)51(46(38)40)45-28-27-35(30-41(45)48)43-31-42(32-16-7-4-8-17-32)49-47(50-43)33-18-9-5-10-19-33/h2-31H,1H3/b3-2-,21-6-. The van der Waals surface area contributed by atoms with Gasteiger partial charge in [-0.15, -0.1) is 0 Å². The maximum atomic E-state index is 5.25. The van der Waals surface area contributed by atoms with Crippen LogP contribution in [0.15, 0.2) is 182 Å². The first kappa shape index (κ1) is 29.3. The quantitative estimate of drug-likeness (QED) is 0.173. The molecular weight excluding hydrogens is 619 g/mol. The van der Waals surface area contributed by atoms with Crippen LogP contribution in [0.1, 0.15) is 29.2 Å². The molecule has 1 atom stereocenters. The number of benzene rings is 6. The fourth-order valence-corrected chi connectivity index (χ4v) is 8.42. The van der Waals surface area contributed by atoms with Crippen LogP contribution in [0.3, 0.4) is 0 Å². The molecule has 2 aliphatic rings. The van der Waals surface area contributed by atoms with Gasteiger partial charge >= 0.3 is 0 Å². The fourth-order valence-electron chi connectivity index (χ4n) is 8.42. The Morgan fingerprint density at radius 3 is 2.06 bits per heavy atom. The number of allylic oxidation sites excluding steroid dienone is 5. The molecule has 1 aliphatic carbocycles. The third kappa shape index (κ3) is 4.31. The molecule has 8 aromatic rings. The van der Waals surface area contributed by atoms with Crippen molar-refractivity contribution >= 4 is 27.9 Å². The lowest BCUT2D eigenvalue weighted by molar-refractivity contribution is 0.743. The van der Waals surface area contributed by atoms with Gasteiger partial charge in [0.25, 0.3) is 0 Å². The summed E-state index contributed by atoms with van der Waals surface area (Å²) >= 11 is 0. The number of para-hydroxylation sites is 2. The summed E-state index contributed by atoms with van der Waals surface area (Å²) in [4.78, 5) is 10.3. The van der Waals surface area contributed by atoms with E-state index in [0.29, 0.717) is 5.82 Å². The van der Waals surface area contributed by atoms with Gasteiger partial charge in [0, 0.05) is 27.5 Å². The van der Waals surface area contributed by atoms with Crippen LogP contribution in [0.5, 0.6) is 0 Å². The Morgan fingerprint density at radius 1 is 0.549 bits per heavy atom. The molecule has 10 rings (SSSR count). The average molecular weight is 652 g/mol. The van der Waals surface area contributed by atoms with Gasteiger partial charge in [-0.3, -0.25) is 0 Å². The Morgan fingerprint density at radius 2 is 1.24 bits per heavy atom. The monoisotopic (exact) mass is 651 g/mol. The molecule has 2 aromatic heterocycles. The van der Waals surface area contributed by atoms with E-state index in [2.05, 4.69) is 169 Å². The van der Waals surface area contributed by atoms with E-state index in [1.165, 1.54) is 55.3 Å². The lowest BCUT2D eigenvalue weighted by Crippen LogP contribution is -2.34. The van der Waals surface area contributed by atoms with Gasteiger partial charge in [0.05, 0.1) is 33.5 Å². The summed E-state index contributed by atoms with van der Waals surface area (Å²) in [5.41, 5.74) is 14.3. The van der Waals surface area contributed by atoms with Crippen LogP contribution in [-0.2, 0) is 5.41 Å². The van der Waals surface area contributed by atoms with Crippen molar-refractivity contribution < 1.29 is 0 Å². The summed E-state index contributed by atoms with van der Waals surface area (Å²) in [6.07, 6.45) is 11.1. The van der Waals surface area contributed by atoms with Gasteiger partial charge in [-0.25, -0.2) is 9.97 Å². The molecule has 3 nitrogen and oxygen atoms in total. The van der Waals surface area contributed by atoms with Crippen LogP contribution in [0.4, 0.5) is 0 Å². The van der Waals surface area contributed by atoms with Gasteiger partial charge < -0.3 is 4.57 Å². The maximum absolute atomic E-state index is 5.25. The van der Waals surface area contributed by atoms with Crippen molar-refractivity contribution in [3.05, 3.63) is 204 Å². The third-order valence-corrected chi connectivity index (χ3v) is 10.6. The highest BCUT2D eigenvalue weighted by molar-refractivity contribution is 6.12. The number of hydrogen-bond donors (Lipinski definition) is 0. The summed E-state index contributed by atoms with van der Waals surface area (Å²) in [6, 6.07) is 54.4. The Labute approximate surface area is 297 Å². The normalized spacial score (nSPS) is 16.0. The fraction of sp³-hybridized carbons (Fsp3) is 0.0417. The molecule has 6 aromatic carbocycles. The van der Waals surface area contributed by atoms with Gasteiger partial charge in [0.15, 0.2) is 5.82 Å². The number of rotatable bonds is 5. The van der Waals surface area contributed by atoms with Gasteiger partial charge in [-0.1, -0.05) is 152 Å². The molecular formula is C48H33N3. The lowest BCUT2D eigenvalue weighted by Gasteiger charge is -2.40. The third-order valence-electron chi connectivity index (χ3n) is 10.6. The molecule has 51 heavy (non-hydrogen) atoms. The molecule has 1 aliphatic heterocycles. The van der Waals surface area contributed by atoms with Gasteiger partial charge in [-0.05, 0) is 65.1 Å². The largest absolute Gasteiger partial charge is 0.309 e. The Balaban J connectivity index is 1.31. The number of hydrogen-bond acceptors (Lipinski definition) is 2. The second-order valence-electron chi connectivity index (χ2n) is 13.3. The number of aromatic nitrogens is 3. The van der Waals surface area contributed by atoms with E-state index >= 15 is 0 Å². The zero-order chi connectivity index (χ0) is 33.9. The molecule has 0 N–H and O–H groups in total. The van der Waals surface area contributed by atoms with Crippen molar-refractivity contribution in [3.63, 3.8) is 0 Å². The van der Waals surface area contributed by atoms with E-state index < -0.39 is 5.41 Å². The van der Waals surface area contributed by atoms with Crippen LogP contribution in [0.25, 0.3) is 67.5 Å². The van der Waals surface area contributed by atoms with E-state index in [4.69, 9.17) is 9.97 Å². The highest BCUT2D eigenvalue weighted by Gasteiger charge is 2.49. The molecule has 0 saturated heterocycles. The van der Waals surface area contributed by atoms with Crippen molar-refractivity contribution in [2.24, 2.45) is 0 Å². The van der Waals surface area contributed by atoms with Crippen LogP contribution in [-0.4, -0.2) is 14.5 Å². The first-order valence-corrected chi connectivity index (χ1v) is 17.5. The molecule has 3 heteroatoms. The van der Waals surface area contributed by atoms with Crippen LogP contribution >= 0.6 is 0 Å². The molecule has 0 fully saturated rings. The summed E-state index contributed by atoms with van der Waals surface area (Å²) in [6.45, 7) is 2.06. The second-order valence-corrected chi connectivity index (χ2v) is 13.3. The molecule has 0 bridgehead atoms.